The molecule has 1 aromatic heterocycles. The Morgan fingerprint density at radius 1 is 1.38 bits per heavy atom. The summed E-state index contributed by atoms with van der Waals surface area (Å²) in [6.45, 7) is 0. The Bertz CT molecular complexity index is 149. The number of anilines is 1. The standard InChI is InChI=1S/C3H5N5/c4-7-3-1-5-8-6-2-3/h1-2H,4H2,(H,7,8). The molecule has 0 aromatic carbocycles. The molecule has 0 unspecified atom stereocenters. The first-order valence-corrected chi connectivity index (χ1v) is 2.03. The van der Waals surface area contributed by atoms with E-state index in [1.807, 2.05) is 0 Å². The van der Waals surface area contributed by atoms with Crippen LogP contribution >= 0.6 is 0 Å². The van der Waals surface area contributed by atoms with Gasteiger partial charge in [0.25, 0.3) is 0 Å². The van der Waals surface area contributed by atoms with Crippen LogP contribution in [0.15, 0.2) is 12.4 Å². The number of nitrogen functional groups attached to an aromatic ring is 1. The second-order valence-corrected chi connectivity index (χ2v) is 1.18. The fraction of sp³-hybridized carbons (Fsp3) is 0. The first-order valence-electron chi connectivity index (χ1n) is 2.03. The Balaban J connectivity index is 2.83. The molecule has 5 heteroatoms. The summed E-state index contributed by atoms with van der Waals surface area (Å²) in [4.78, 5) is 0. The molecule has 5 nitrogen and oxygen atoms in total. The topological polar surface area (TPSA) is 76.7 Å². The van der Waals surface area contributed by atoms with Crippen LogP contribution in [0, 0.1) is 0 Å². The van der Waals surface area contributed by atoms with Gasteiger partial charge in [-0.05, 0) is 5.21 Å². The molecule has 0 saturated heterocycles. The van der Waals surface area contributed by atoms with E-state index in [9.17, 15) is 0 Å². The van der Waals surface area contributed by atoms with E-state index >= 15 is 0 Å². The summed E-state index contributed by atoms with van der Waals surface area (Å²) in [5.74, 6) is 4.99. The highest BCUT2D eigenvalue weighted by molar-refractivity contribution is 5.34. The van der Waals surface area contributed by atoms with E-state index in [1.54, 1.807) is 0 Å². The van der Waals surface area contributed by atoms with E-state index in [2.05, 4.69) is 20.8 Å². The van der Waals surface area contributed by atoms with Crippen LogP contribution in [-0.2, 0) is 0 Å². The van der Waals surface area contributed by atoms with Gasteiger partial charge in [-0.15, -0.1) is 10.2 Å². The van der Waals surface area contributed by atoms with Crippen LogP contribution in [0.25, 0.3) is 0 Å². The summed E-state index contributed by atoms with van der Waals surface area (Å²) in [6, 6.07) is 0. The Labute approximate surface area is 45.9 Å². The van der Waals surface area contributed by atoms with Gasteiger partial charge in [-0.25, -0.2) is 0 Å². The average Bonchev–Trinajstić information content (AvgIpc) is 1.90. The number of aromatic nitrogens is 3. The van der Waals surface area contributed by atoms with Gasteiger partial charge in [-0.3, -0.25) is 5.84 Å². The zero-order chi connectivity index (χ0) is 5.82. The van der Waals surface area contributed by atoms with Crippen LogP contribution in [0.1, 0.15) is 0 Å². The molecule has 0 aliphatic heterocycles. The van der Waals surface area contributed by atoms with Gasteiger partial charge >= 0.3 is 0 Å². The monoisotopic (exact) mass is 111 g/mol. The van der Waals surface area contributed by atoms with Crippen molar-refractivity contribution in [2.24, 2.45) is 5.84 Å². The molecule has 0 atom stereocenters. The molecule has 0 radical (unpaired) electrons. The van der Waals surface area contributed by atoms with Gasteiger partial charge < -0.3 is 5.43 Å². The van der Waals surface area contributed by atoms with Gasteiger partial charge in [-0.1, -0.05) is 0 Å². The zero-order valence-corrected chi connectivity index (χ0v) is 4.07. The second-order valence-electron chi connectivity index (χ2n) is 1.18. The van der Waals surface area contributed by atoms with Crippen LogP contribution in [0.2, 0.25) is 0 Å². The molecule has 0 fully saturated rings. The number of hydrogen-bond donors (Lipinski definition) is 2. The quantitative estimate of drug-likeness (QED) is 0.365. The van der Waals surface area contributed by atoms with E-state index in [0.29, 0.717) is 5.69 Å². The maximum Gasteiger partial charge on any atom is 0.0893 e. The Morgan fingerprint density at radius 3 is 2.38 bits per heavy atom. The van der Waals surface area contributed by atoms with E-state index < -0.39 is 0 Å². The molecular formula is C3H5N5. The van der Waals surface area contributed by atoms with Crippen LogP contribution in [-0.4, -0.2) is 15.4 Å². The van der Waals surface area contributed by atoms with Crippen molar-refractivity contribution in [3.05, 3.63) is 12.4 Å². The van der Waals surface area contributed by atoms with Gasteiger partial charge in [-0.2, -0.15) is 0 Å². The predicted molar refractivity (Wildman–Crippen MR) is 27.6 cm³/mol. The molecule has 42 valence electrons. The lowest BCUT2D eigenvalue weighted by molar-refractivity contribution is 0.865. The highest BCUT2D eigenvalue weighted by Crippen LogP contribution is 1.92. The van der Waals surface area contributed by atoms with Crippen molar-refractivity contribution in [3.63, 3.8) is 0 Å². The molecule has 0 bridgehead atoms. The number of nitrogens with two attached hydrogens (primary N) is 1. The maximum atomic E-state index is 4.99. The third-order valence-electron chi connectivity index (χ3n) is 0.664. The molecule has 0 aliphatic carbocycles. The first kappa shape index (κ1) is 4.92. The number of nitrogens with zero attached hydrogens (tertiary/aromatic N) is 3. The molecule has 0 aliphatic rings. The summed E-state index contributed by atoms with van der Waals surface area (Å²) in [7, 11) is 0. The number of hydrazine groups is 1. The van der Waals surface area contributed by atoms with Crippen molar-refractivity contribution >= 4 is 5.69 Å². The highest BCUT2D eigenvalue weighted by atomic mass is 15.3. The fourth-order valence-corrected chi connectivity index (χ4v) is 0.314. The van der Waals surface area contributed by atoms with Crippen LogP contribution < -0.4 is 11.3 Å². The molecule has 1 heterocycles. The van der Waals surface area contributed by atoms with Crippen molar-refractivity contribution in [1.29, 1.82) is 0 Å². The van der Waals surface area contributed by atoms with Gasteiger partial charge in [0.1, 0.15) is 0 Å². The van der Waals surface area contributed by atoms with Gasteiger partial charge in [0.15, 0.2) is 0 Å². The van der Waals surface area contributed by atoms with E-state index in [0.717, 1.165) is 0 Å². The lowest BCUT2D eigenvalue weighted by Crippen LogP contribution is -2.07. The number of hydrogen-bond acceptors (Lipinski definition) is 5. The highest BCUT2D eigenvalue weighted by Gasteiger charge is 1.82. The van der Waals surface area contributed by atoms with E-state index in [-0.39, 0.29) is 0 Å². The van der Waals surface area contributed by atoms with Crippen molar-refractivity contribution in [2.45, 2.75) is 0 Å². The Hall–Kier alpha value is -1.23. The van der Waals surface area contributed by atoms with Gasteiger partial charge in [0.2, 0.25) is 0 Å². The maximum absolute atomic E-state index is 4.99. The van der Waals surface area contributed by atoms with E-state index in [4.69, 9.17) is 5.84 Å². The summed E-state index contributed by atoms with van der Waals surface area (Å²) in [5, 5.41) is 10.2. The van der Waals surface area contributed by atoms with Crippen LogP contribution in [0.3, 0.4) is 0 Å². The predicted octanol–water partition coefficient (Wildman–Crippen LogP) is -0.843. The second kappa shape index (κ2) is 2.17. The van der Waals surface area contributed by atoms with Crippen molar-refractivity contribution < 1.29 is 0 Å². The van der Waals surface area contributed by atoms with Crippen LogP contribution in [0.4, 0.5) is 5.69 Å². The lowest BCUT2D eigenvalue weighted by atomic mass is 10.6. The first-order chi connectivity index (χ1) is 3.93. The lowest BCUT2D eigenvalue weighted by Gasteiger charge is -1.91. The summed E-state index contributed by atoms with van der Waals surface area (Å²) >= 11 is 0. The van der Waals surface area contributed by atoms with Gasteiger partial charge in [0.05, 0.1) is 18.1 Å². The molecule has 3 N–H and O–H groups in total. The summed E-state index contributed by atoms with van der Waals surface area (Å²) in [6.07, 6.45) is 2.96. The largest absolute Gasteiger partial charge is 0.321 e. The average molecular weight is 111 g/mol. The van der Waals surface area contributed by atoms with E-state index in [1.165, 1.54) is 12.4 Å². The minimum absolute atomic E-state index is 0.653. The third kappa shape index (κ3) is 0.881. The molecule has 1 rings (SSSR count). The molecule has 8 heavy (non-hydrogen) atoms. The SMILES string of the molecule is NNc1cnnnc1. The van der Waals surface area contributed by atoms with Crippen molar-refractivity contribution in [1.82, 2.24) is 15.4 Å². The minimum Gasteiger partial charge on any atom is -0.321 e. The molecule has 0 amide bonds. The Kier molecular flexibility index (Phi) is 1.34. The normalized spacial score (nSPS) is 8.62. The van der Waals surface area contributed by atoms with Crippen molar-refractivity contribution in [3.8, 4) is 0 Å². The van der Waals surface area contributed by atoms with Crippen LogP contribution in [0.5, 0.6) is 0 Å². The van der Waals surface area contributed by atoms with Gasteiger partial charge in [0, 0.05) is 0 Å². The molecule has 1 aromatic rings. The molecule has 0 spiro atoms. The number of nitrogens with one attached hydrogen (secondary N) is 1. The van der Waals surface area contributed by atoms with Crippen molar-refractivity contribution in [2.75, 3.05) is 5.43 Å². The molecular weight excluding hydrogens is 106 g/mol. The minimum atomic E-state index is 0.653. The Morgan fingerprint density at radius 2 is 2.00 bits per heavy atom. The smallest absolute Gasteiger partial charge is 0.0893 e. The zero-order valence-electron chi connectivity index (χ0n) is 4.07. The number of rotatable bonds is 1. The fourth-order valence-electron chi connectivity index (χ4n) is 0.314. The molecule has 0 saturated carbocycles. The summed E-state index contributed by atoms with van der Waals surface area (Å²) < 4.78 is 0. The summed E-state index contributed by atoms with van der Waals surface area (Å²) in [5.41, 5.74) is 3.01. The third-order valence-corrected chi connectivity index (χ3v) is 0.664.